The predicted molar refractivity (Wildman–Crippen MR) is 159 cm³/mol. The Hall–Kier alpha value is -3.48. The van der Waals surface area contributed by atoms with E-state index >= 15 is 0 Å². The van der Waals surface area contributed by atoms with E-state index in [1.54, 1.807) is 20.8 Å². The molecule has 13 heteroatoms. The van der Waals surface area contributed by atoms with Gasteiger partial charge in [0.15, 0.2) is 32.3 Å². The smallest absolute Gasteiger partial charge is 0.336 e. The van der Waals surface area contributed by atoms with Gasteiger partial charge < -0.3 is 4.74 Å². The van der Waals surface area contributed by atoms with Crippen LogP contribution in [0.25, 0.3) is 0 Å². The van der Waals surface area contributed by atoms with Gasteiger partial charge in [-0.25, -0.2) is 13.1 Å². The van der Waals surface area contributed by atoms with Crippen LogP contribution in [0.2, 0.25) is 0 Å². The van der Waals surface area contributed by atoms with Crippen LogP contribution in [0, 0.1) is 5.41 Å². The van der Waals surface area contributed by atoms with E-state index in [2.05, 4.69) is 10.1 Å². The Morgan fingerprint density at radius 2 is 1.57 bits per heavy atom. The van der Waals surface area contributed by atoms with Gasteiger partial charge in [-0.2, -0.15) is 4.98 Å². The Labute approximate surface area is 252 Å². The quantitative estimate of drug-likeness (QED) is 0.283. The molecule has 42 heavy (non-hydrogen) atoms. The van der Waals surface area contributed by atoms with Crippen molar-refractivity contribution in [3.05, 3.63) is 93.4 Å². The van der Waals surface area contributed by atoms with E-state index in [0.717, 1.165) is 27.8 Å². The normalized spacial score (nSPS) is 21.6. The maximum atomic E-state index is 13.7. The summed E-state index contributed by atoms with van der Waals surface area (Å²) in [5, 5.41) is 1.56. The number of sulfone groups is 1. The van der Waals surface area contributed by atoms with E-state index in [9.17, 15) is 22.8 Å². The molecule has 0 saturated carbocycles. The number of alkyl halides is 1. The molecule has 1 aromatic heterocycles. The zero-order valence-electron chi connectivity index (χ0n) is 23.5. The number of ether oxygens (including phenoxy) is 1. The van der Waals surface area contributed by atoms with Gasteiger partial charge in [-0.3, -0.25) is 19.3 Å². The van der Waals surface area contributed by atoms with E-state index < -0.39 is 48.2 Å². The molecule has 3 atom stereocenters. The second kappa shape index (κ2) is 11.0. The number of ketones is 1. The topological polar surface area (TPSA) is 129 Å². The van der Waals surface area contributed by atoms with E-state index in [0.29, 0.717) is 0 Å². The second-order valence-electron chi connectivity index (χ2n) is 11.1. The lowest BCUT2D eigenvalue weighted by atomic mass is 9.86. The van der Waals surface area contributed by atoms with E-state index in [1.165, 1.54) is 18.7 Å². The molecule has 10 nitrogen and oxygen atoms in total. The maximum absolute atomic E-state index is 13.7. The summed E-state index contributed by atoms with van der Waals surface area (Å²) in [6, 6.07) is 18.7. The lowest BCUT2D eigenvalue weighted by Gasteiger charge is -2.50. The lowest BCUT2D eigenvalue weighted by molar-refractivity contribution is -0.142. The fourth-order valence-corrected chi connectivity index (χ4v) is 9.25. The molecule has 1 fully saturated rings. The molecule has 3 aromatic rings. The summed E-state index contributed by atoms with van der Waals surface area (Å²) >= 11 is 6.93. The van der Waals surface area contributed by atoms with Gasteiger partial charge in [-0.05, 0) is 23.6 Å². The van der Waals surface area contributed by atoms with Crippen molar-refractivity contribution in [3.8, 4) is 5.88 Å². The van der Waals surface area contributed by atoms with Crippen molar-refractivity contribution in [2.45, 2.75) is 54.3 Å². The van der Waals surface area contributed by atoms with Crippen molar-refractivity contribution in [1.29, 1.82) is 0 Å². The van der Waals surface area contributed by atoms with Gasteiger partial charge in [0.1, 0.15) is 9.96 Å². The molecule has 220 valence electrons. The van der Waals surface area contributed by atoms with Gasteiger partial charge >= 0.3 is 11.4 Å². The molecule has 0 radical (unpaired) electrons. The Morgan fingerprint density at radius 1 is 1.02 bits per heavy atom. The first-order valence-corrected chi connectivity index (χ1v) is 16.0. The summed E-state index contributed by atoms with van der Waals surface area (Å²) in [7, 11) is -2.61. The fourth-order valence-electron chi connectivity index (χ4n) is 4.85. The largest absolute Gasteiger partial charge is 0.460 e. The average Bonchev–Trinajstić information content (AvgIpc) is 2.95. The zero-order chi connectivity index (χ0) is 30.6. The predicted octanol–water partition coefficient (Wildman–Crippen LogP) is 3.86. The van der Waals surface area contributed by atoms with Gasteiger partial charge in [-0.1, -0.05) is 93.2 Å². The number of Topliss-reactive ketones (excluding diaryl/α,β-unsaturated/α-hetero) is 1. The van der Waals surface area contributed by atoms with Gasteiger partial charge in [0.2, 0.25) is 5.91 Å². The number of aryl methyl sites for hydroxylation is 1. The highest BCUT2D eigenvalue weighted by atomic mass is 35.5. The number of fused-ring (bicyclic) bond motifs is 1. The number of nitrogens with zero attached hydrogens (tertiary/aromatic N) is 4. The minimum atomic E-state index is -4.13. The van der Waals surface area contributed by atoms with Gasteiger partial charge in [0, 0.05) is 12.5 Å². The fraction of sp³-hybridized carbons (Fsp3) is 0.345. The number of benzene rings is 2. The summed E-state index contributed by atoms with van der Waals surface area (Å²) in [6.07, 6.45) is -0.648. The molecule has 1 amide bonds. The molecule has 2 aromatic carbocycles. The maximum Gasteiger partial charge on any atom is 0.336 e. The van der Waals surface area contributed by atoms with Crippen LogP contribution >= 0.6 is 23.4 Å². The number of amides is 1. The van der Waals surface area contributed by atoms with Crippen LogP contribution in [0.5, 0.6) is 5.88 Å². The van der Waals surface area contributed by atoms with Crippen molar-refractivity contribution in [2.24, 2.45) is 12.5 Å². The number of halogens is 1. The third kappa shape index (κ3) is 5.16. The molecular weight excluding hydrogens is 600 g/mol. The molecule has 3 heterocycles. The standard InChI is InChI=1S/C29H29ClN4O6S2/c1-16-20(22(35)29(2,3)4)34-25(37)19(30)26(34)42(38,39)27(16)41-28-31-23(36)24(32-33(28)5)40-21(17-12-8-6-9-13-17)18-14-10-7-11-15-18/h6-15,19,21,26-27H,1-5H3/t19-,26+,27?/m0/s1. The highest BCUT2D eigenvalue weighted by Gasteiger charge is 2.62. The van der Waals surface area contributed by atoms with E-state index in [1.807, 2.05) is 60.7 Å². The van der Waals surface area contributed by atoms with Crippen LogP contribution in [0.3, 0.4) is 0 Å². The van der Waals surface area contributed by atoms with E-state index in [4.69, 9.17) is 16.3 Å². The molecule has 5 rings (SSSR count). The molecule has 0 N–H and O–H groups in total. The van der Waals surface area contributed by atoms with Crippen LogP contribution in [0.1, 0.15) is 44.9 Å². The molecule has 0 aliphatic carbocycles. The van der Waals surface area contributed by atoms with Crippen molar-refractivity contribution >= 4 is 44.9 Å². The zero-order valence-corrected chi connectivity index (χ0v) is 25.9. The first-order valence-electron chi connectivity index (χ1n) is 13.1. The SMILES string of the molecule is CC1=C(C(=O)C(C)(C)C)N2C(=O)[C@H](Cl)[C@H]2S(=O)(=O)C1Sc1nc(=O)c(OC(c2ccccc2)c2ccccc2)nn1C. The number of β-lactam (4-membered cyclic amide) rings is 1. The Balaban J connectivity index is 1.52. The third-order valence-electron chi connectivity index (χ3n) is 7.02. The summed E-state index contributed by atoms with van der Waals surface area (Å²) in [6.45, 7) is 6.55. The molecule has 1 saturated heterocycles. The number of aromatic nitrogens is 3. The van der Waals surface area contributed by atoms with Crippen molar-refractivity contribution in [1.82, 2.24) is 19.7 Å². The number of hydrogen-bond donors (Lipinski definition) is 0. The highest BCUT2D eigenvalue weighted by molar-refractivity contribution is 8.14. The molecular formula is C29H29ClN4O6S2. The number of hydrogen-bond acceptors (Lipinski definition) is 9. The second-order valence-corrected chi connectivity index (χ2v) is 15.1. The molecule has 0 bridgehead atoms. The van der Waals surface area contributed by atoms with Crippen LogP contribution in [-0.2, 0) is 26.5 Å². The van der Waals surface area contributed by atoms with Crippen LogP contribution < -0.4 is 10.3 Å². The minimum absolute atomic E-state index is 0.00759. The average molecular weight is 629 g/mol. The Morgan fingerprint density at radius 3 is 2.10 bits per heavy atom. The number of thioether (sulfide) groups is 1. The van der Waals surface area contributed by atoms with Crippen molar-refractivity contribution < 1.29 is 22.7 Å². The number of allylic oxidation sites excluding steroid dienone is 1. The highest BCUT2D eigenvalue weighted by Crippen LogP contribution is 2.48. The first kappa shape index (κ1) is 30.0. The number of carbonyl (C=O) groups is 2. The van der Waals surface area contributed by atoms with Gasteiger partial charge in [0.05, 0.1) is 5.70 Å². The monoisotopic (exact) mass is 628 g/mol. The Bertz CT molecular complexity index is 1710. The summed E-state index contributed by atoms with van der Waals surface area (Å²) in [5.41, 5.74) is 0.0835. The van der Waals surface area contributed by atoms with Crippen LogP contribution in [-0.4, -0.2) is 55.1 Å². The third-order valence-corrected chi connectivity index (χ3v) is 11.9. The molecule has 1 unspecified atom stereocenters. The molecule has 2 aliphatic rings. The number of carbonyl (C=O) groups excluding carboxylic acids is 2. The van der Waals surface area contributed by atoms with Crippen LogP contribution in [0.15, 0.2) is 81.9 Å². The van der Waals surface area contributed by atoms with Gasteiger partial charge in [0.25, 0.3) is 0 Å². The lowest BCUT2D eigenvalue weighted by Crippen LogP contribution is -2.69. The summed E-state index contributed by atoms with van der Waals surface area (Å²) in [4.78, 5) is 44.3. The van der Waals surface area contributed by atoms with Crippen LogP contribution in [0.4, 0.5) is 0 Å². The summed E-state index contributed by atoms with van der Waals surface area (Å²) in [5.74, 6) is -1.29. The summed E-state index contributed by atoms with van der Waals surface area (Å²) < 4.78 is 33.4. The van der Waals surface area contributed by atoms with Crippen molar-refractivity contribution in [3.63, 3.8) is 0 Å². The molecule has 0 spiro atoms. The van der Waals surface area contributed by atoms with E-state index in [-0.39, 0.29) is 28.1 Å². The minimum Gasteiger partial charge on any atom is -0.460 e. The molecule has 2 aliphatic heterocycles. The Kier molecular flexibility index (Phi) is 7.84. The first-order chi connectivity index (χ1) is 19.7. The van der Waals surface area contributed by atoms with Gasteiger partial charge in [-0.15, -0.1) is 16.7 Å². The van der Waals surface area contributed by atoms with Crippen molar-refractivity contribution in [2.75, 3.05) is 0 Å². The number of rotatable bonds is 7.